The third kappa shape index (κ3) is 4.46. The number of ether oxygens (including phenoxy) is 1. The van der Waals surface area contributed by atoms with E-state index < -0.39 is 0 Å². The Morgan fingerprint density at radius 1 is 1.55 bits per heavy atom. The summed E-state index contributed by atoms with van der Waals surface area (Å²) in [6, 6.07) is 2.47. The number of amides is 2. The molecule has 2 rings (SSSR count). The standard InChI is InChI=1S/C17H28N2O2S/c1-4-15-14-7-11-22-16(14)6-9-19(15)17(20)18-8-5-10-21-12-13(2)3/h7,11,13,15H,4-6,8-10,12H2,1-3H3,(H,18,20). The monoisotopic (exact) mass is 324 g/mol. The second kappa shape index (κ2) is 8.53. The molecular weight excluding hydrogens is 296 g/mol. The molecular formula is C17H28N2O2S. The number of hydrogen-bond donors (Lipinski definition) is 1. The van der Waals surface area contributed by atoms with Gasteiger partial charge in [-0.1, -0.05) is 20.8 Å². The molecule has 0 aromatic carbocycles. The van der Waals surface area contributed by atoms with E-state index in [2.05, 4.69) is 37.5 Å². The van der Waals surface area contributed by atoms with Gasteiger partial charge in [-0.05, 0) is 42.2 Å². The quantitative estimate of drug-likeness (QED) is 0.775. The molecule has 0 spiro atoms. The summed E-state index contributed by atoms with van der Waals surface area (Å²) in [6.45, 7) is 9.44. The van der Waals surface area contributed by atoms with Gasteiger partial charge in [-0.3, -0.25) is 0 Å². The topological polar surface area (TPSA) is 41.6 Å². The van der Waals surface area contributed by atoms with Crippen LogP contribution in [0.4, 0.5) is 4.79 Å². The minimum atomic E-state index is 0.0626. The Labute approximate surface area is 137 Å². The Morgan fingerprint density at radius 2 is 2.36 bits per heavy atom. The summed E-state index contributed by atoms with van der Waals surface area (Å²) in [5, 5.41) is 5.18. The Hall–Kier alpha value is -1.07. The average Bonchev–Trinajstić information content (AvgIpc) is 2.97. The number of nitrogens with zero attached hydrogens (tertiary/aromatic N) is 1. The van der Waals surface area contributed by atoms with E-state index in [9.17, 15) is 4.79 Å². The second-order valence-electron chi connectivity index (χ2n) is 6.22. The molecule has 4 nitrogen and oxygen atoms in total. The molecule has 1 aromatic heterocycles. The van der Waals surface area contributed by atoms with Crippen molar-refractivity contribution in [3.63, 3.8) is 0 Å². The normalized spacial score (nSPS) is 17.6. The zero-order valence-corrected chi connectivity index (χ0v) is 14.7. The molecule has 5 heteroatoms. The number of carbonyl (C=O) groups excluding carboxylic acids is 1. The SMILES string of the molecule is CCC1c2ccsc2CCN1C(=O)NCCCOCC(C)C. The van der Waals surface area contributed by atoms with Crippen molar-refractivity contribution in [1.82, 2.24) is 10.2 Å². The molecule has 1 unspecified atom stereocenters. The highest BCUT2D eigenvalue weighted by Gasteiger charge is 2.29. The maximum Gasteiger partial charge on any atom is 0.317 e. The first-order valence-corrected chi connectivity index (χ1v) is 9.20. The van der Waals surface area contributed by atoms with Crippen LogP contribution in [-0.2, 0) is 11.2 Å². The van der Waals surface area contributed by atoms with Crippen LogP contribution >= 0.6 is 11.3 Å². The van der Waals surface area contributed by atoms with Gasteiger partial charge in [-0.2, -0.15) is 0 Å². The third-order valence-corrected chi connectivity index (χ3v) is 4.93. The Kier molecular flexibility index (Phi) is 6.70. The van der Waals surface area contributed by atoms with Gasteiger partial charge in [0.05, 0.1) is 6.04 Å². The van der Waals surface area contributed by atoms with E-state index >= 15 is 0 Å². The smallest absolute Gasteiger partial charge is 0.317 e. The Morgan fingerprint density at radius 3 is 3.09 bits per heavy atom. The highest BCUT2D eigenvalue weighted by atomic mass is 32.1. The first-order chi connectivity index (χ1) is 10.6. The minimum absolute atomic E-state index is 0.0626. The third-order valence-electron chi connectivity index (χ3n) is 3.94. The van der Waals surface area contributed by atoms with E-state index in [1.54, 1.807) is 0 Å². The largest absolute Gasteiger partial charge is 0.381 e. The van der Waals surface area contributed by atoms with E-state index in [1.165, 1.54) is 10.4 Å². The van der Waals surface area contributed by atoms with Crippen LogP contribution in [0, 0.1) is 5.92 Å². The number of thiophene rings is 1. The summed E-state index contributed by atoms with van der Waals surface area (Å²) >= 11 is 1.81. The van der Waals surface area contributed by atoms with Gasteiger partial charge in [0.2, 0.25) is 0 Å². The number of rotatable bonds is 7. The van der Waals surface area contributed by atoms with E-state index in [0.717, 1.165) is 32.4 Å². The fraction of sp³-hybridized carbons (Fsp3) is 0.706. The predicted molar refractivity (Wildman–Crippen MR) is 91.4 cm³/mol. The van der Waals surface area contributed by atoms with Crippen LogP contribution in [0.15, 0.2) is 11.4 Å². The van der Waals surface area contributed by atoms with Gasteiger partial charge in [0.15, 0.2) is 0 Å². The number of hydrogen-bond acceptors (Lipinski definition) is 3. The number of carbonyl (C=O) groups is 1. The number of urea groups is 1. The molecule has 1 aliphatic rings. The molecule has 1 aromatic rings. The lowest BCUT2D eigenvalue weighted by Gasteiger charge is -2.35. The summed E-state index contributed by atoms with van der Waals surface area (Å²) in [5.41, 5.74) is 1.34. The molecule has 1 aliphatic heterocycles. The van der Waals surface area contributed by atoms with Gasteiger partial charge >= 0.3 is 6.03 Å². The molecule has 124 valence electrons. The molecule has 22 heavy (non-hydrogen) atoms. The van der Waals surface area contributed by atoms with Crippen LogP contribution in [0.25, 0.3) is 0 Å². The van der Waals surface area contributed by atoms with Gasteiger partial charge in [-0.25, -0.2) is 4.79 Å². The summed E-state index contributed by atoms with van der Waals surface area (Å²) in [4.78, 5) is 15.9. The first-order valence-electron chi connectivity index (χ1n) is 8.32. The zero-order valence-electron chi connectivity index (χ0n) is 13.9. The van der Waals surface area contributed by atoms with Crippen molar-refractivity contribution in [1.29, 1.82) is 0 Å². The maximum absolute atomic E-state index is 12.4. The summed E-state index contributed by atoms with van der Waals surface area (Å²) in [5.74, 6) is 0.563. The molecule has 0 aliphatic carbocycles. The van der Waals surface area contributed by atoms with E-state index in [0.29, 0.717) is 19.1 Å². The molecule has 1 atom stereocenters. The van der Waals surface area contributed by atoms with Crippen LogP contribution in [0.2, 0.25) is 0 Å². The Balaban J connectivity index is 1.76. The van der Waals surface area contributed by atoms with Crippen LogP contribution in [0.3, 0.4) is 0 Å². The van der Waals surface area contributed by atoms with E-state index in [-0.39, 0.29) is 12.1 Å². The molecule has 0 fully saturated rings. The summed E-state index contributed by atoms with van der Waals surface area (Å²) < 4.78 is 5.54. The summed E-state index contributed by atoms with van der Waals surface area (Å²) in [6.07, 6.45) is 2.82. The van der Waals surface area contributed by atoms with Gasteiger partial charge in [0.25, 0.3) is 0 Å². The predicted octanol–water partition coefficient (Wildman–Crippen LogP) is 3.83. The van der Waals surface area contributed by atoms with Crippen molar-refractivity contribution in [2.45, 2.75) is 46.1 Å². The molecule has 1 N–H and O–H groups in total. The van der Waals surface area contributed by atoms with Crippen molar-refractivity contribution >= 4 is 17.4 Å². The highest BCUT2D eigenvalue weighted by molar-refractivity contribution is 7.10. The molecule has 2 amide bonds. The lowest BCUT2D eigenvalue weighted by atomic mass is 9.98. The zero-order chi connectivity index (χ0) is 15.9. The fourth-order valence-corrected chi connectivity index (χ4v) is 3.80. The second-order valence-corrected chi connectivity index (χ2v) is 7.22. The van der Waals surface area contributed by atoms with Crippen molar-refractivity contribution in [3.05, 3.63) is 21.9 Å². The van der Waals surface area contributed by atoms with Gasteiger partial charge in [0, 0.05) is 31.2 Å². The Bertz CT molecular complexity index is 473. The molecule has 0 saturated heterocycles. The molecule has 2 heterocycles. The lowest BCUT2D eigenvalue weighted by molar-refractivity contribution is 0.107. The van der Waals surface area contributed by atoms with Crippen molar-refractivity contribution in [2.24, 2.45) is 5.92 Å². The van der Waals surface area contributed by atoms with Crippen LogP contribution < -0.4 is 5.32 Å². The molecule has 0 radical (unpaired) electrons. The van der Waals surface area contributed by atoms with Crippen molar-refractivity contribution in [3.8, 4) is 0 Å². The maximum atomic E-state index is 12.4. The van der Waals surface area contributed by atoms with Crippen LogP contribution in [0.5, 0.6) is 0 Å². The number of nitrogens with one attached hydrogen (secondary N) is 1. The van der Waals surface area contributed by atoms with Gasteiger partial charge in [0.1, 0.15) is 0 Å². The van der Waals surface area contributed by atoms with E-state index in [4.69, 9.17) is 4.74 Å². The van der Waals surface area contributed by atoms with E-state index in [1.807, 2.05) is 16.2 Å². The number of fused-ring (bicyclic) bond motifs is 1. The molecule has 0 bridgehead atoms. The van der Waals surface area contributed by atoms with Crippen LogP contribution in [-0.4, -0.2) is 37.2 Å². The fourth-order valence-electron chi connectivity index (χ4n) is 2.87. The average molecular weight is 324 g/mol. The minimum Gasteiger partial charge on any atom is -0.381 e. The van der Waals surface area contributed by atoms with Crippen molar-refractivity contribution < 1.29 is 9.53 Å². The van der Waals surface area contributed by atoms with Crippen molar-refractivity contribution in [2.75, 3.05) is 26.3 Å². The van der Waals surface area contributed by atoms with Crippen LogP contribution in [0.1, 0.15) is 50.1 Å². The van der Waals surface area contributed by atoms with Gasteiger partial charge in [-0.15, -0.1) is 11.3 Å². The molecule has 0 saturated carbocycles. The van der Waals surface area contributed by atoms with Gasteiger partial charge < -0.3 is 15.0 Å². The first kappa shape index (κ1) is 17.3. The highest BCUT2D eigenvalue weighted by Crippen LogP contribution is 2.34. The summed E-state index contributed by atoms with van der Waals surface area (Å²) in [7, 11) is 0. The lowest BCUT2D eigenvalue weighted by Crippen LogP contribution is -2.45.